The SMILES string of the molecule is O=Cc1ccc(-c2ccc(OC(F)(F)F)cc2C(F)(F)F)o1. The number of hydrogen-bond donors (Lipinski definition) is 0. The van der Waals surface area contributed by atoms with Crippen LogP contribution in [0.3, 0.4) is 0 Å². The first-order valence-electron chi connectivity index (χ1n) is 5.62. The Bertz CT molecular complexity index is 684. The summed E-state index contributed by atoms with van der Waals surface area (Å²) in [5, 5.41) is 0. The molecule has 0 saturated carbocycles. The van der Waals surface area contributed by atoms with Crippen molar-refractivity contribution in [3.8, 4) is 17.1 Å². The molecule has 22 heavy (non-hydrogen) atoms. The molecule has 0 bridgehead atoms. The molecule has 0 spiro atoms. The molecule has 0 fully saturated rings. The number of alkyl halides is 6. The highest BCUT2D eigenvalue weighted by atomic mass is 19.4. The lowest BCUT2D eigenvalue weighted by Gasteiger charge is -2.14. The van der Waals surface area contributed by atoms with E-state index in [1.165, 1.54) is 0 Å². The first kappa shape index (κ1) is 15.9. The number of benzene rings is 1. The topological polar surface area (TPSA) is 39.4 Å². The average Bonchev–Trinajstić information content (AvgIpc) is 2.84. The van der Waals surface area contributed by atoms with Crippen LogP contribution in [0, 0.1) is 0 Å². The second-order valence-corrected chi connectivity index (χ2v) is 4.07. The van der Waals surface area contributed by atoms with E-state index < -0.39 is 29.4 Å². The molecule has 2 aromatic rings. The number of ether oxygens (including phenoxy) is 1. The Morgan fingerprint density at radius 3 is 2.18 bits per heavy atom. The molecule has 0 radical (unpaired) electrons. The van der Waals surface area contributed by atoms with E-state index in [0.29, 0.717) is 0 Å². The van der Waals surface area contributed by atoms with Gasteiger partial charge in [-0.3, -0.25) is 4.79 Å². The highest BCUT2D eigenvalue weighted by molar-refractivity contribution is 5.73. The van der Waals surface area contributed by atoms with Crippen LogP contribution in [0.1, 0.15) is 16.1 Å². The molecule has 0 saturated heterocycles. The molecule has 118 valence electrons. The quantitative estimate of drug-likeness (QED) is 0.608. The van der Waals surface area contributed by atoms with Gasteiger partial charge in [-0.2, -0.15) is 13.2 Å². The van der Waals surface area contributed by atoms with Crippen LogP contribution in [-0.2, 0) is 6.18 Å². The Hall–Kier alpha value is -2.45. The molecule has 9 heteroatoms. The van der Waals surface area contributed by atoms with Crippen LogP contribution in [0.2, 0.25) is 0 Å². The van der Waals surface area contributed by atoms with Gasteiger partial charge in [-0.15, -0.1) is 13.2 Å². The molecule has 1 heterocycles. The van der Waals surface area contributed by atoms with Crippen LogP contribution in [-0.4, -0.2) is 12.6 Å². The summed E-state index contributed by atoms with van der Waals surface area (Å²) >= 11 is 0. The Morgan fingerprint density at radius 2 is 1.68 bits per heavy atom. The summed E-state index contributed by atoms with van der Waals surface area (Å²) in [6.07, 6.45) is -9.76. The molecule has 0 aliphatic rings. The van der Waals surface area contributed by atoms with Crippen molar-refractivity contribution in [3.05, 3.63) is 41.7 Å². The summed E-state index contributed by atoms with van der Waals surface area (Å²) in [5.41, 5.74) is -1.88. The van der Waals surface area contributed by atoms with Gasteiger partial charge in [0.1, 0.15) is 11.5 Å². The summed E-state index contributed by atoms with van der Waals surface area (Å²) in [7, 11) is 0. The molecule has 2 rings (SSSR count). The normalized spacial score (nSPS) is 12.3. The maximum absolute atomic E-state index is 13.0. The Kier molecular flexibility index (Phi) is 3.90. The Labute approximate surface area is 119 Å². The fraction of sp³-hybridized carbons (Fsp3) is 0.154. The molecule has 0 atom stereocenters. The molecule has 1 aromatic carbocycles. The van der Waals surface area contributed by atoms with E-state index in [-0.39, 0.29) is 23.9 Å². The Morgan fingerprint density at radius 1 is 1.00 bits per heavy atom. The van der Waals surface area contributed by atoms with Crippen LogP contribution >= 0.6 is 0 Å². The van der Waals surface area contributed by atoms with Gasteiger partial charge in [0, 0.05) is 5.56 Å². The minimum Gasteiger partial charge on any atom is -0.453 e. The predicted octanol–water partition coefficient (Wildman–Crippen LogP) is 4.68. The van der Waals surface area contributed by atoms with Crippen molar-refractivity contribution in [2.45, 2.75) is 12.5 Å². The van der Waals surface area contributed by atoms with E-state index in [0.717, 1.165) is 24.3 Å². The standard InChI is InChI=1S/C13H6F6O3/c14-12(15,16)10-5-7(22-13(17,18)19)1-3-9(10)11-4-2-8(6-20)21-11/h1-6H. The molecule has 0 unspecified atom stereocenters. The Balaban J connectivity index is 2.52. The van der Waals surface area contributed by atoms with Crippen LogP contribution < -0.4 is 4.74 Å². The molecule has 0 aliphatic heterocycles. The van der Waals surface area contributed by atoms with Crippen LogP contribution in [0.25, 0.3) is 11.3 Å². The second kappa shape index (κ2) is 5.39. The van der Waals surface area contributed by atoms with Crippen molar-refractivity contribution in [1.29, 1.82) is 0 Å². The van der Waals surface area contributed by atoms with Gasteiger partial charge in [-0.25, -0.2) is 0 Å². The van der Waals surface area contributed by atoms with Gasteiger partial charge < -0.3 is 9.15 Å². The first-order valence-corrected chi connectivity index (χ1v) is 5.62. The van der Waals surface area contributed by atoms with E-state index in [2.05, 4.69) is 4.74 Å². The van der Waals surface area contributed by atoms with Gasteiger partial charge in [0.25, 0.3) is 0 Å². The third-order valence-electron chi connectivity index (χ3n) is 2.54. The maximum Gasteiger partial charge on any atom is 0.573 e. The zero-order valence-electron chi connectivity index (χ0n) is 10.5. The van der Waals surface area contributed by atoms with Crippen molar-refractivity contribution in [1.82, 2.24) is 0 Å². The second-order valence-electron chi connectivity index (χ2n) is 4.07. The number of rotatable bonds is 3. The fourth-order valence-electron chi connectivity index (χ4n) is 1.73. The van der Waals surface area contributed by atoms with Crippen molar-refractivity contribution >= 4 is 6.29 Å². The van der Waals surface area contributed by atoms with E-state index in [4.69, 9.17) is 4.42 Å². The molecule has 1 aromatic heterocycles. The van der Waals surface area contributed by atoms with Gasteiger partial charge in [0.15, 0.2) is 12.0 Å². The third kappa shape index (κ3) is 3.60. The summed E-state index contributed by atoms with van der Waals surface area (Å²) in [6.45, 7) is 0. The van der Waals surface area contributed by atoms with Crippen molar-refractivity contribution < 1.29 is 40.3 Å². The largest absolute Gasteiger partial charge is 0.573 e. The van der Waals surface area contributed by atoms with Gasteiger partial charge in [0.2, 0.25) is 0 Å². The number of hydrogen-bond acceptors (Lipinski definition) is 3. The highest BCUT2D eigenvalue weighted by Crippen LogP contribution is 2.40. The first-order chi connectivity index (χ1) is 10.1. The molecule has 3 nitrogen and oxygen atoms in total. The summed E-state index contributed by atoms with van der Waals surface area (Å²) in [5.74, 6) is -1.52. The number of carbonyl (C=O) groups excluding carboxylic acids is 1. The third-order valence-corrected chi connectivity index (χ3v) is 2.54. The number of carbonyl (C=O) groups is 1. The lowest BCUT2D eigenvalue weighted by atomic mass is 10.0. The van der Waals surface area contributed by atoms with Gasteiger partial charge in [-0.1, -0.05) is 0 Å². The summed E-state index contributed by atoms with van der Waals surface area (Å²) < 4.78 is 83.5. The van der Waals surface area contributed by atoms with Crippen LogP contribution in [0.5, 0.6) is 5.75 Å². The molecule has 0 N–H and O–H groups in total. The van der Waals surface area contributed by atoms with Crippen molar-refractivity contribution in [3.63, 3.8) is 0 Å². The van der Waals surface area contributed by atoms with Crippen LogP contribution in [0.15, 0.2) is 34.7 Å². The molecule has 0 amide bonds. The van der Waals surface area contributed by atoms with E-state index in [1.54, 1.807) is 0 Å². The monoisotopic (exact) mass is 324 g/mol. The summed E-state index contributed by atoms with van der Waals surface area (Å²) in [4.78, 5) is 10.5. The molecule has 0 aliphatic carbocycles. The zero-order valence-corrected chi connectivity index (χ0v) is 10.5. The fourth-order valence-corrected chi connectivity index (χ4v) is 1.73. The van der Waals surface area contributed by atoms with E-state index in [9.17, 15) is 31.1 Å². The average molecular weight is 324 g/mol. The number of furan rings is 1. The van der Waals surface area contributed by atoms with Gasteiger partial charge in [-0.05, 0) is 30.3 Å². The van der Waals surface area contributed by atoms with E-state index in [1.807, 2.05) is 0 Å². The minimum atomic E-state index is -5.11. The van der Waals surface area contributed by atoms with Gasteiger partial charge >= 0.3 is 12.5 Å². The number of halogens is 6. The lowest BCUT2D eigenvalue weighted by Crippen LogP contribution is -2.18. The van der Waals surface area contributed by atoms with E-state index >= 15 is 0 Å². The number of aldehydes is 1. The molecular weight excluding hydrogens is 318 g/mol. The van der Waals surface area contributed by atoms with Crippen LogP contribution in [0.4, 0.5) is 26.3 Å². The molecular formula is C13H6F6O3. The lowest BCUT2D eigenvalue weighted by molar-refractivity contribution is -0.274. The predicted molar refractivity (Wildman–Crippen MR) is 61.2 cm³/mol. The van der Waals surface area contributed by atoms with Crippen molar-refractivity contribution in [2.24, 2.45) is 0 Å². The van der Waals surface area contributed by atoms with Crippen molar-refractivity contribution in [2.75, 3.05) is 0 Å². The maximum atomic E-state index is 13.0. The van der Waals surface area contributed by atoms with Gasteiger partial charge in [0.05, 0.1) is 5.56 Å². The zero-order chi connectivity index (χ0) is 16.5. The summed E-state index contributed by atoms with van der Waals surface area (Å²) in [6, 6.07) is 3.96. The highest BCUT2D eigenvalue weighted by Gasteiger charge is 2.37. The minimum absolute atomic E-state index is 0.209. The smallest absolute Gasteiger partial charge is 0.453 e.